The Balaban J connectivity index is 1.97. The Hall–Kier alpha value is -3.36. The van der Waals surface area contributed by atoms with Crippen LogP contribution in [0.4, 0.5) is 5.69 Å². The van der Waals surface area contributed by atoms with Gasteiger partial charge in [-0.25, -0.2) is 8.42 Å². The van der Waals surface area contributed by atoms with E-state index in [2.05, 4.69) is 5.32 Å². The Morgan fingerprint density at radius 2 is 1.49 bits per heavy atom. The van der Waals surface area contributed by atoms with E-state index >= 15 is 0 Å². The molecule has 3 aromatic carbocycles. The standard InChI is InChI=1S/C28H32ClN3O4S/c1-3-26(28(34)30-4-2)31(20-19-22-11-7-5-8-12-22)27(33)21-32(24-13-9-6-10-14-24)37(35,36)25-17-15-23(29)16-18-25/h5-18,26H,3-4,19-21H2,1-2H3,(H,30,34)/t26-/m1/s1. The van der Waals surface area contributed by atoms with Gasteiger partial charge >= 0.3 is 0 Å². The highest BCUT2D eigenvalue weighted by Gasteiger charge is 2.33. The summed E-state index contributed by atoms with van der Waals surface area (Å²) in [6.07, 6.45) is 0.916. The number of halogens is 1. The first-order valence-electron chi connectivity index (χ1n) is 12.2. The Bertz CT molecular complexity index is 1270. The fourth-order valence-electron chi connectivity index (χ4n) is 4.04. The number of rotatable bonds is 12. The van der Waals surface area contributed by atoms with Crippen molar-refractivity contribution in [2.24, 2.45) is 0 Å². The Kier molecular flexibility index (Phi) is 10.1. The van der Waals surface area contributed by atoms with Crippen molar-refractivity contribution in [3.63, 3.8) is 0 Å². The first-order chi connectivity index (χ1) is 17.8. The van der Waals surface area contributed by atoms with Crippen LogP contribution in [0.15, 0.2) is 89.8 Å². The molecule has 9 heteroatoms. The van der Waals surface area contributed by atoms with Crippen LogP contribution < -0.4 is 9.62 Å². The minimum atomic E-state index is -4.10. The van der Waals surface area contributed by atoms with Crippen LogP contribution >= 0.6 is 11.6 Å². The molecule has 1 atom stereocenters. The number of benzene rings is 3. The van der Waals surface area contributed by atoms with Crippen LogP contribution in [-0.4, -0.2) is 50.8 Å². The average molecular weight is 542 g/mol. The van der Waals surface area contributed by atoms with Gasteiger partial charge < -0.3 is 10.2 Å². The number of carbonyl (C=O) groups excluding carboxylic acids is 2. The largest absolute Gasteiger partial charge is 0.355 e. The topological polar surface area (TPSA) is 86.8 Å². The number of likely N-dealkylation sites (N-methyl/N-ethyl adjacent to an activating group) is 1. The van der Waals surface area contributed by atoms with E-state index in [-0.39, 0.29) is 17.3 Å². The summed E-state index contributed by atoms with van der Waals surface area (Å²) >= 11 is 5.97. The number of amides is 2. The van der Waals surface area contributed by atoms with Crippen LogP contribution in [0.25, 0.3) is 0 Å². The van der Waals surface area contributed by atoms with Crippen LogP contribution in [-0.2, 0) is 26.0 Å². The summed E-state index contributed by atoms with van der Waals surface area (Å²) in [5.74, 6) is -0.728. The van der Waals surface area contributed by atoms with E-state index in [1.807, 2.05) is 44.2 Å². The maximum absolute atomic E-state index is 13.8. The van der Waals surface area contributed by atoms with Crippen LogP contribution in [0, 0.1) is 0 Å². The highest BCUT2D eigenvalue weighted by Crippen LogP contribution is 2.25. The second-order valence-corrected chi connectivity index (χ2v) is 10.7. The number of hydrogen-bond donors (Lipinski definition) is 1. The van der Waals surface area contributed by atoms with Crippen molar-refractivity contribution < 1.29 is 18.0 Å². The molecule has 0 saturated carbocycles. The molecule has 0 aliphatic heterocycles. The number of carbonyl (C=O) groups is 2. The van der Waals surface area contributed by atoms with Crippen molar-refractivity contribution in [2.75, 3.05) is 23.9 Å². The summed E-state index contributed by atoms with van der Waals surface area (Å²) in [6, 6.07) is 23.2. The van der Waals surface area contributed by atoms with E-state index in [9.17, 15) is 18.0 Å². The van der Waals surface area contributed by atoms with Gasteiger partial charge in [0.1, 0.15) is 12.6 Å². The molecule has 196 valence electrons. The van der Waals surface area contributed by atoms with E-state index in [0.717, 1.165) is 9.87 Å². The molecular formula is C28H32ClN3O4S. The number of nitrogens with one attached hydrogen (secondary N) is 1. The lowest BCUT2D eigenvalue weighted by Gasteiger charge is -2.33. The lowest BCUT2D eigenvalue weighted by molar-refractivity contribution is -0.139. The van der Waals surface area contributed by atoms with Gasteiger partial charge in [-0.1, -0.05) is 67.1 Å². The fourth-order valence-corrected chi connectivity index (χ4v) is 5.58. The number of sulfonamides is 1. The predicted octanol–water partition coefficient (Wildman–Crippen LogP) is 4.52. The molecule has 0 spiro atoms. The number of anilines is 1. The van der Waals surface area contributed by atoms with Gasteiger partial charge in [-0.2, -0.15) is 0 Å². The second kappa shape index (κ2) is 13.3. The van der Waals surface area contributed by atoms with E-state index in [1.165, 1.54) is 29.2 Å². The van der Waals surface area contributed by atoms with Crippen LogP contribution in [0.2, 0.25) is 5.02 Å². The van der Waals surface area contributed by atoms with E-state index in [4.69, 9.17) is 11.6 Å². The van der Waals surface area contributed by atoms with Gasteiger partial charge in [0.25, 0.3) is 10.0 Å². The zero-order valence-electron chi connectivity index (χ0n) is 21.0. The zero-order valence-corrected chi connectivity index (χ0v) is 22.6. The molecule has 37 heavy (non-hydrogen) atoms. The van der Waals surface area contributed by atoms with Gasteiger partial charge in [-0.05, 0) is 61.7 Å². The maximum atomic E-state index is 13.8. The van der Waals surface area contributed by atoms with Crippen molar-refractivity contribution in [3.05, 3.63) is 95.5 Å². The van der Waals surface area contributed by atoms with Crippen molar-refractivity contribution in [3.8, 4) is 0 Å². The Labute approximate surface area is 224 Å². The third-order valence-electron chi connectivity index (χ3n) is 5.95. The van der Waals surface area contributed by atoms with Crippen molar-refractivity contribution in [1.82, 2.24) is 10.2 Å². The number of nitrogens with zero attached hydrogens (tertiary/aromatic N) is 2. The first kappa shape index (κ1) is 28.2. The molecule has 0 saturated heterocycles. The molecule has 0 radical (unpaired) electrons. The summed E-state index contributed by atoms with van der Waals surface area (Å²) < 4.78 is 28.5. The molecule has 3 aromatic rings. The molecule has 0 bridgehead atoms. The summed E-state index contributed by atoms with van der Waals surface area (Å²) in [6.45, 7) is 3.89. The highest BCUT2D eigenvalue weighted by atomic mass is 35.5. The summed E-state index contributed by atoms with van der Waals surface area (Å²) in [4.78, 5) is 28.2. The molecule has 7 nitrogen and oxygen atoms in total. The second-order valence-electron chi connectivity index (χ2n) is 8.44. The van der Waals surface area contributed by atoms with Gasteiger partial charge in [0.2, 0.25) is 11.8 Å². The summed E-state index contributed by atoms with van der Waals surface area (Å²) in [5, 5.41) is 3.20. The molecule has 0 heterocycles. The van der Waals surface area contributed by atoms with Crippen molar-refractivity contribution >= 4 is 39.1 Å². The molecule has 1 N–H and O–H groups in total. The minimum absolute atomic E-state index is 0.0140. The number of hydrogen-bond acceptors (Lipinski definition) is 4. The quantitative estimate of drug-likeness (QED) is 0.365. The molecule has 0 unspecified atom stereocenters. The van der Waals surface area contributed by atoms with E-state index < -0.39 is 28.5 Å². The first-order valence-corrected chi connectivity index (χ1v) is 14.0. The van der Waals surface area contributed by atoms with Gasteiger partial charge in [0.15, 0.2) is 0 Å². The molecule has 0 aromatic heterocycles. The van der Waals surface area contributed by atoms with Gasteiger partial charge in [-0.15, -0.1) is 0 Å². The molecule has 0 aliphatic carbocycles. The predicted molar refractivity (Wildman–Crippen MR) is 147 cm³/mol. The summed E-state index contributed by atoms with van der Waals surface area (Å²) in [7, 11) is -4.10. The average Bonchev–Trinajstić information content (AvgIpc) is 2.90. The van der Waals surface area contributed by atoms with Crippen molar-refractivity contribution in [1.29, 1.82) is 0 Å². The van der Waals surface area contributed by atoms with Gasteiger partial charge in [0.05, 0.1) is 10.6 Å². The zero-order chi connectivity index (χ0) is 26.8. The van der Waals surface area contributed by atoms with Gasteiger partial charge in [0, 0.05) is 18.1 Å². The van der Waals surface area contributed by atoms with Crippen LogP contribution in [0.1, 0.15) is 25.8 Å². The maximum Gasteiger partial charge on any atom is 0.264 e. The lowest BCUT2D eigenvalue weighted by Crippen LogP contribution is -2.53. The molecule has 2 amide bonds. The minimum Gasteiger partial charge on any atom is -0.355 e. The monoisotopic (exact) mass is 541 g/mol. The molecule has 0 fully saturated rings. The Morgan fingerprint density at radius 3 is 2.05 bits per heavy atom. The molecule has 0 aliphatic rings. The van der Waals surface area contributed by atoms with Crippen molar-refractivity contribution in [2.45, 2.75) is 37.6 Å². The third-order valence-corrected chi connectivity index (χ3v) is 7.99. The van der Waals surface area contributed by atoms with Gasteiger partial charge in [-0.3, -0.25) is 13.9 Å². The Morgan fingerprint density at radius 1 is 0.892 bits per heavy atom. The highest BCUT2D eigenvalue weighted by molar-refractivity contribution is 7.92. The lowest BCUT2D eigenvalue weighted by atomic mass is 10.1. The van der Waals surface area contributed by atoms with Crippen LogP contribution in [0.3, 0.4) is 0 Å². The van der Waals surface area contributed by atoms with Crippen LogP contribution in [0.5, 0.6) is 0 Å². The fraction of sp³-hybridized carbons (Fsp3) is 0.286. The molecule has 3 rings (SSSR count). The smallest absolute Gasteiger partial charge is 0.264 e. The van der Waals surface area contributed by atoms with E-state index in [0.29, 0.717) is 30.1 Å². The van der Waals surface area contributed by atoms with E-state index in [1.54, 1.807) is 30.3 Å². The summed E-state index contributed by atoms with van der Waals surface area (Å²) in [5.41, 5.74) is 1.36. The molecular weight excluding hydrogens is 510 g/mol. The number of para-hydroxylation sites is 1. The SMILES string of the molecule is CCNC(=O)[C@@H](CC)N(CCc1ccccc1)C(=O)CN(c1ccccc1)S(=O)(=O)c1ccc(Cl)cc1. The normalized spacial score (nSPS) is 12.0. The third kappa shape index (κ3) is 7.33.